The van der Waals surface area contributed by atoms with E-state index in [0.29, 0.717) is 6.61 Å². The summed E-state index contributed by atoms with van der Waals surface area (Å²) in [5.74, 6) is 1.98. The van der Waals surface area contributed by atoms with Gasteiger partial charge in [-0.05, 0) is 65.9 Å². The quantitative estimate of drug-likeness (QED) is 0.277. The van der Waals surface area contributed by atoms with E-state index >= 15 is 0 Å². The zero-order valence-corrected chi connectivity index (χ0v) is 19.2. The molecule has 0 bridgehead atoms. The maximum absolute atomic E-state index is 6.09. The lowest BCUT2D eigenvalue weighted by atomic mass is 10.0. The molecule has 0 aliphatic heterocycles. The molecule has 0 N–H and O–H groups in total. The highest BCUT2D eigenvalue weighted by Crippen LogP contribution is 2.23. The van der Waals surface area contributed by atoms with Crippen molar-refractivity contribution in [1.29, 1.82) is 0 Å². The number of fused-ring (bicyclic) bond motifs is 1. The normalized spacial score (nSPS) is 11.1. The molecule has 0 aliphatic rings. The molecule has 0 spiro atoms. The monoisotopic (exact) mass is 432 g/mol. The molecule has 0 saturated heterocycles. The fraction of sp³-hybridized carbons (Fsp3) is 0.167. The van der Waals surface area contributed by atoms with Gasteiger partial charge in [-0.3, -0.25) is 0 Å². The third-order valence-electron chi connectivity index (χ3n) is 6.22. The topological polar surface area (TPSA) is 27.1 Å². The van der Waals surface area contributed by atoms with Crippen LogP contribution in [0.25, 0.3) is 22.2 Å². The van der Waals surface area contributed by atoms with Crippen LogP contribution in [0.15, 0.2) is 97.1 Å². The molecule has 5 rings (SSSR count). The summed E-state index contributed by atoms with van der Waals surface area (Å²) in [4.78, 5) is 4.95. The SMILES string of the molecule is Cc1ccc(OCCn2c(Cc3ccc(-c4ccccc4)cc3)nc3ccccc32)cc1C. The van der Waals surface area contributed by atoms with Gasteiger partial charge in [0.05, 0.1) is 17.6 Å². The van der Waals surface area contributed by atoms with Crippen LogP contribution < -0.4 is 4.74 Å². The smallest absolute Gasteiger partial charge is 0.119 e. The molecule has 33 heavy (non-hydrogen) atoms. The predicted molar refractivity (Wildman–Crippen MR) is 136 cm³/mol. The van der Waals surface area contributed by atoms with Crippen LogP contribution >= 0.6 is 0 Å². The lowest BCUT2D eigenvalue weighted by Gasteiger charge is -2.12. The van der Waals surface area contributed by atoms with Crippen molar-refractivity contribution in [2.24, 2.45) is 0 Å². The Morgan fingerprint density at radius 3 is 2.24 bits per heavy atom. The van der Waals surface area contributed by atoms with Gasteiger partial charge in [0, 0.05) is 6.42 Å². The molecule has 0 unspecified atom stereocenters. The number of benzene rings is 4. The molecule has 0 aliphatic carbocycles. The summed E-state index contributed by atoms with van der Waals surface area (Å²) in [5.41, 5.74) is 8.43. The minimum Gasteiger partial charge on any atom is -0.492 e. The van der Waals surface area contributed by atoms with Crippen molar-refractivity contribution >= 4 is 11.0 Å². The van der Waals surface area contributed by atoms with Crippen LogP contribution in [0, 0.1) is 13.8 Å². The Balaban J connectivity index is 1.35. The highest BCUT2D eigenvalue weighted by molar-refractivity contribution is 5.76. The first kappa shape index (κ1) is 21.0. The fourth-order valence-corrected chi connectivity index (χ4v) is 4.20. The van der Waals surface area contributed by atoms with E-state index in [4.69, 9.17) is 9.72 Å². The fourth-order valence-electron chi connectivity index (χ4n) is 4.20. The summed E-state index contributed by atoms with van der Waals surface area (Å²) in [5, 5.41) is 0. The Hall–Kier alpha value is -3.85. The van der Waals surface area contributed by atoms with Gasteiger partial charge in [0.1, 0.15) is 18.2 Å². The summed E-state index contributed by atoms with van der Waals surface area (Å²) in [6.07, 6.45) is 0.785. The first-order valence-electron chi connectivity index (χ1n) is 11.5. The van der Waals surface area contributed by atoms with Gasteiger partial charge in [0.2, 0.25) is 0 Å². The molecule has 0 atom stereocenters. The van der Waals surface area contributed by atoms with Crippen LogP contribution in [0.5, 0.6) is 5.75 Å². The third-order valence-corrected chi connectivity index (χ3v) is 6.22. The van der Waals surface area contributed by atoms with Crippen LogP contribution in [0.2, 0.25) is 0 Å². The van der Waals surface area contributed by atoms with E-state index in [-0.39, 0.29) is 0 Å². The number of aryl methyl sites for hydroxylation is 2. The van der Waals surface area contributed by atoms with Crippen molar-refractivity contribution in [2.75, 3.05) is 6.61 Å². The maximum atomic E-state index is 6.09. The van der Waals surface area contributed by atoms with Crippen molar-refractivity contribution in [3.05, 3.63) is 120 Å². The van der Waals surface area contributed by atoms with E-state index in [0.717, 1.165) is 35.6 Å². The number of imidazole rings is 1. The molecule has 4 aromatic carbocycles. The molecular weight excluding hydrogens is 404 g/mol. The van der Waals surface area contributed by atoms with Crippen LogP contribution in [0.3, 0.4) is 0 Å². The molecule has 0 radical (unpaired) electrons. The maximum Gasteiger partial charge on any atom is 0.119 e. The van der Waals surface area contributed by atoms with Crippen LogP contribution in [0.1, 0.15) is 22.5 Å². The van der Waals surface area contributed by atoms with Crippen LogP contribution in [-0.4, -0.2) is 16.2 Å². The summed E-state index contributed by atoms with van der Waals surface area (Å²) in [6.45, 7) is 5.59. The number of ether oxygens (including phenoxy) is 1. The van der Waals surface area contributed by atoms with E-state index in [1.165, 1.54) is 27.8 Å². The largest absolute Gasteiger partial charge is 0.492 e. The Kier molecular flexibility index (Phi) is 5.95. The number of para-hydroxylation sites is 2. The van der Waals surface area contributed by atoms with E-state index < -0.39 is 0 Å². The number of hydrogen-bond acceptors (Lipinski definition) is 2. The Morgan fingerprint density at radius 2 is 1.45 bits per heavy atom. The molecular formula is C30H28N2O. The van der Waals surface area contributed by atoms with Gasteiger partial charge in [0.15, 0.2) is 0 Å². The van der Waals surface area contributed by atoms with Crippen molar-refractivity contribution in [3.8, 4) is 16.9 Å². The van der Waals surface area contributed by atoms with Crippen molar-refractivity contribution in [1.82, 2.24) is 9.55 Å². The van der Waals surface area contributed by atoms with Crippen molar-refractivity contribution in [3.63, 3.8) is 0 Å². The highest BCUT2D eigenvalue weighted by Gasteiger charge is 2.12. The number of aromatic nitrogens is 2. The van der Waals surface area contributed by atoms with E-state index in [9.17, 15) is 0 Å². The number of nitrogens with zero attached hydrogens (tertiary/aromatic N) is 2. The second-order valence-electron chi connectivity index (χ2n) is 8.50. The van der Waals surface area contributed by atoms with Gasteiger partial charge in [-0.25, -0.2) is 4.98 Å². The Labute approximate surface area is 195 Å². The van der Waals surface area contributed by atoms with E-state index in [1.807, 2.05) is 18.2 Å². The predicted octanol–water partition coefficient (Wildman–Crippen LogP) is 6.99. The molecule has 3 heteroatoms. The molecule has 3 nitrogen and oxygen atoms in total. The molecule has 164 valence electrons. The van der Waals surface area contributed by atoms with Gasteiger partial charge in [-0.15, -0.1) is 0 Å². The van der Waals surface area contributed by atoms with Crippen molar-refractivity contribution < 1.29 is 4.74 Å². The first-order valence-corrected chi connectivity index (χ1v) is 11.5. The molecule has 5 aromatic rings. The lowest BCUT2D eigenvalue weighted by molar-refractivity contribution is 0.298. The van der Waals surface area contributed by atoms with Gasteiger partial charge in [0.25, 0.3) is 0 Å². The van der Waals surface area contributed by atoms with Gasteiger partial charge < -0.3 is 9.30 Å². The average Bonchev–Trinajstić information content (AvgIpc) is 3.19. The van der Waals surface area contributed by atoms with Gasteiger partial charge in [-0.2, -0.15) is 0 Å². The van der Waals surface area contributed by atoms with E-state index in [2.05, 4.69) is 97.3 Å². The standard InChI is InChI=1S/C30H28N2O/c1-22-12-17-27(20-23(22)2)33-19-18-32-29-11-7-6-10-28(29)31-30(32)21-24-13-15-26(16-14-24)25-8-4-3-5-9-25/h3-17,20H,18-19,21H2,1-2H3. The van der Waals surface area contributed by atoms with Crippen LogP contribution in [0.4, 0.5) is 0 Å². The Bertz CT molecular complexity index is 1370. The second kappa shape index (κ2) is 9.33. The number of hydrogen-bond donors (Lipinski definition) is 0. The second-order valence-corrected chi connectivity index (χ2v) is 8.50. The zero-order valence-electron chi connectivity index (χ0n) is 19.2. The average molecular weight is 433 g/mol. The Morgan fingerprint density at radius 1 is 0.727 bits per heavy atom. The summed E-state index contributed by atoms with van der Waals surface area (Å²) < 4.78 is 8.38. The molecule has 0 amide bonds. The van der Waals surface area contributed by atoms with Crippen molar-refractivity contribution in [2.45, 2.75) is 26.8 Å². The molecule has 1 heterocycles. The first-order chi connectivity index (χ1) is 16.2. The van der Waals surface area contributed by atoms with E-state index in [1.54, 1.807) is 0 Å². The van der Waals surface area contributed by atoms with Crippen LogP contribution in [-0.2, 0) is 13.0 Å². The molecule has 0 fully saturated rings. The third kappa shape index (κ3) is 4.68. The molecule has 1 aromatic heterocycles. The summed E-state index contributed by atoms with van der Waals surface area (Å²) in [6, 6.07) is 33.9. The lowest BCUT2D eigenvalue weighted by Crippen LogP contribution is -2.11. The molecule has 0 saturated carbocycles. The minimum atomic E-state index is 0.600. The zero-order chi connectivity index (χ0) is 22.6. The highest BCUT2D eigenvalue weighted by atomic mass is 16.5. The summed E-state index contributed by atoms with van der Waals surface area (Å²) in [7, 11) is 0. The minimum absolute atomic E-state index is 0.600. The van der Waals surface area contributed by atoms with Gasteiger partial charge in [-0.1, -0.05) is 72.8 Å². The number of rotatable bonds is 7. The summed E-state index contributed by atoms with van der Waals surface area (Å²) >= 11 is 0. The van der Waals surface area contributed by atoms with Gasteiger partial charge >= 0.3 is 0 Å².